The number of thiazole rings is 1. The summed E-state index contributed by atoms with van der Waals surface area (Å²) in [5, 5.41) is 5.61. The smallest absolute Gasteiger partial charge is 0.225 e. The van der Waals surface area contributed by atoms with Gasteiger partial charge in [0.05, 0.1) is 12.5 Å². The summed E-state index contributed by atoms with van der Waals surface area (Å²) in [6, 6.07) is 0. The predicted octanol–water partition coefficient (Wildman–Crippen LogP) is 0.169. The summed E-state index contributed by atoms with van der Waals surface area (Å²) >= 11 is 1.51. The second-order valence-corrected chi connectivity index (χ2v) is 6.17. The lowest BCUT2D eigenvalue weighted by Gasteiger charge is -2.19. The van der Waals surface area contributed by atoms with Crippen LogP contribution in [0.2, 0.25) is 0 Å². The Hall–Kier alpha value is -1.47. The number of rotatable bonds is 6. The van der Waals surface area contributed by atoms with Gasteiger partial charge in [0.2, 0.25) is 11.8 Å². The molecular formula is C13H20N4O2S. The molecule has 1 saturated heterocycles. The van der Waals surface area contributed by atoms with Crippen molar-refractivity contribution in [1.29, 1.82) is 0 Å². The van der Waals surface area contributed by atoms with Crippen LogP contribution >= 0.6 is 11.3 Å². The number of hydrogen-bond donors (Lipinski definition) is 1. The Bertz CT molecular complexity index is 461. The van der Waals surface area contributed by atoms with Crippen LogP contribution in [0.25, 0.3) is 0 Å². The molecule has 6 nitrogen and oxygen atoms in total. The Morgan fingerprint density at radius 3 is 3.05 bits per heavy atom. The molecule has 0 aromatic carbocycles. The quantitative estimate of drug-likeness (QED) is 0.813. The minimum Gasteiger partial charge on any atom is -0.349 e. The third-order valence-corrected chi connectivity index (χ3v) is 4.08. The summed E-state index contributed by atoms with van der Waals surface area (Å²) in [6.07, 6.45) is 2.03. The summed E-state index contributed by atoms with van der Waals surface area (Å²) in [5.74, 6) is -0.216. The minimum atomic E-state index is -0.232. The van der Waals surface area contributed by atoms with Gasteiger partial charge in [-0.2, -0.15) is 0 Å². The molecule has 0 radical (unpaired) electrons. The number of carbonyl (C=O) groups is 2. The molecule has 20 heavy (non-hydrogen) atoms. The van der Waals surface area contributed by atoms with E-state index in [1.807, 2.05) is 24.4 Å². The Balaban J connectivity index is 1.78. The Morgan fingerprint density at radius 1 is 1.60 bits per heavy atom. The van der Waals surface area contributed by atoms with Crippen molar-refractivity contribution in [1.82, 2.24) is 20.1 Å². The highest BCUT2D eigenvalue weighted by Gasteiger charge is 2.33. The highest BCUT2D eigenvalue weighted by Crippen LogP contribution is 2.18. The molecule has 2 rings (SSSR count). The first kappa shape index (κ1) is 14.9. The molecule has 1 atom stereocenters. The lowest BCUT2D eigenvalue weighted by Crippen LogP contribution is -2.35. The third kappa shape index (κ3) is 4.01. The van der Waals surface area contributed by atoms with E-state index in [9.17, 15) is 9.59 Å². The zero-order valence-electron chi connectivity index (χ0n) is 11.8. The molecule has 1 fully saturated rings. The molecule has 2 heterocycles. The molecule has 1 aromatic rings. The van der Waals surface area contributed by atoms with Gasteiger partial charge in [-0.05, 0) is 14.1 Å². The lowest BCUT2D eigenvalue weighted by atomic mass is 10.1. The number of nitrogens with zero attached hydrogens (tertiary/aromatic N) is 3. The average molecular weight is 296 g/mol. The molecule has 110 valence electrons. The number of likely N-dealkylation sites (tertiary alicyclic amines) is 1. The maximum Gasteiger partial charge on any atom is 0.225 e. The lowest BCUT2D eigenvalue weighted by molar-refractivity contribution is -0.129. The SMILES string of the molecule is CN(C)CCN1C[C@@H](C(=O)NCc2nccs2)CC1=O. The van der Waals surface area contributed by atoms with Crippen molar-refractivity contribution >= 4 is 23.2 Å². The van der Waals surface area contributed by atoms with Crippen molar-refractivity contribution in [2.75, 3.05) is 33.7 Å². The molecule has 0 bridgehead atoms. The van der Waals surface area contributed by atoms with Crippen LogP contribution in [-0.4, -0.2) is 60.3 Å². The maximum absolute atomic E-state index is 12.0. The summed E-state index contributed by atoms with van der Waals surface area (Å²) in [6.45, 7) is 2.47. The van der Waals surface area contributed by atoms with Crippen LogP contribution in [0, 0.1) is 5.92 Å². The molecular weight excluding hydrogens is 276 g/mol. The summed E-state index contributed by atoms with van der Waals surface area (Å²) < 4.78 is 0. The molecule has 0 unspecified atom stereocenters. The summed E-state index contributed by atoms with van der Waals surface area (Å²) in [5.41, 5.74) is 0. The normalized spacial score (nSPS) is 18.9. The molecule has 7 heteroatoms. The predicted molar refractivity (Wildman–Crippen MR) is 77.2 cm³/mol. The largest absolute Gasteiger partial charge is 0.349 e. The summed E-state index contributed by atoms with van der Waals surface area (Å²) in [7, 11) is 3.94. The first-order valence-electron chi connectivity index (χ1n) is 6.65. The number of hydrogen-bond acceptors (Lipinski definition) is 5. The number of likely N-dealkylation sites (N-methyl/N-ethyl adjacent to an activating group) is 1. The van der Waals surface area contributed by atoms with Gasteiger partial charge in [0, 0.05) is 37.6 Å². The van der Waals surface area contributed by atoms with Crippen LogP contribution in [0.5, 0.6) is 0 Å². The third-order valence-electron chi connectivity index (χ3n) is 3.30. The Kier molecular flexibility index (Phi) is 5.08. The van der Waals surface area contributed by atoms with E-state index in [1.54, 1.807) is 11.1 Å². The fraction of sp³-hybridized carbons (Fsp3) is 0.615. The van der Waals surface area contributed by atoms with Crippen LogP contribution < -0.4 is 5.32 Å². The first-order chi connectivity index (χ1) is 9.56. The van der Waals surface area contributed by atoms with E-state index < -0.39 is 0 Å². The van der Waals surface area contributed by atoms with Crippen molar-refractivity contribution in [2.45, 2.75) is 13.0 Å². The van der Waals surface area contributed by atoms with Gasteiger partial charge < -0.3 is 15.1 Å². The molecule has 2 amide bonds. The maximum atomic E-state index is 12.0. The highest BCUT2D eigenvalue weighted by atomic mass is 32.1. The van der Waals surface area contributed by atoms with Crippen molar-refractivity contribution < 1.29 is 9.59 Å². The molecule has 0 spiro atoms. The molecule has 0 saturated carbocycles. The zero-order valence-corrected chi connectivity index (χ0v) is 12.7. The fourth-order valence-electron chi connectivity index (χ4n) is 2.13. The van der Waals surface area contributed by atoms with E-state index in [-0.39, 0.29) is 17.7 Å². The van der Waals surface area contributed by atoms with Gasteiger partial charge in [0.25, 0.3) is 0 Å². The van der Waals surface area contributed by atoms with E-state index in [0.717, 1.165) is 11.6 Å². The van der Waals surface area contributed by atoms with E-state index in [4.69, 9.17) is 0 Å². The molecule has 1 aliphatic rings. The standard InChI is InChI=1S/C13H20N4O2S/c1-16(2)4-5-17-9-10(7-12(17)18)13(19)15-8-11-14-3-6-20-11/h3,6,10H,4-5,7-9H2,1-2H3,(H,15,19)/t10-/m0/s1. The number of carbonyl (C=O) groups excluding carboxylic acids is 2. The van der Waals surface area contributed by atoms with Crippen LogP contribution in [-0.2, 0) is 16.1 Å². The topological polar surface area (TPSA) is 65.5 Å². The van der Waals surface area contributed by atoms with Crippen LogP contribution in [0.3, 0.4) is 0 Å². The van der Waals surface area contributed by atoms with Crippen LogP contribution in [0.15, 0.2) is 11.6 Å². The molecule has 0 aliphatic carbocycles. The van der Waals surface area contributed by atoms with Gasteiger partial charge in [0.15, 0.2) is 0 Å². The van der Waals surface area contributed by atoms with E-state index in [1.165, 1.54) is 11.3 Å². The van der Waals surface area contributed by atoms with Gasteiger partial charge in [-0.15, -0.1) is 11.3 Å². The Morgan fingerprint density at radius 2 is 2.40 bits per heavy atom. The van der Waals surface area contributed by atoms with Gasteiger partial charge in [-0.3, -0.25) is 9.59 Å². The fourth-order valence-corrected chi connectivity index (χ4v) is 2.69. The second kappa shape index (κ2) is 6.81. The Labute approximate surface area is 122 Å². The van der Waals surface area contributed by atoms with Gasteiger partial charge in [-0.1, -0.05) is 0 Å². The van der Waals surface area contributed by atoms with Crippen molar-refractivity contribution in [3.05, 3.63) is 16.6 Å². The zero-order chi connectivity index (χ0) is 14.5. The van der Waals surface area contributed by atoms with Gasteiger partial charge >= 0.3 is 0 Å². The monoisotopic (exact) mass is 296 g/mol. The second-order valence-electron chi connectivity index (χ2n) is 5.19. The first-order valence-corrected chi connectivity index (χ1v) is 7.53. The van der Waals surface area contributed by atoms with Crippen molar-refractivity contribution in [3.8, 4) is 0 Å². The average Bonchev–Trinajstić information content (AvgIpc) is 3.03. The molecule has 1 aliphatic heterocycles. The summed E-state index contributed by atoms with van der Waals surface area (Å²) in [4.78, 5) is 31.8. The number of amides is 2. The number of nitrogens with one attached hydrogen (secondary N) is 1. The minimum absolute atomic E-state index is 0.0547. The highest BCUT2D eigenvalue weighted by molar-refractivity contribution is 7.09. The van der Waals surface area contributed by atoms with Crippen molar-refractivity contribution in [2.24, 2.45) is 5.92 Å². The van der Waals surface area contributed by atoms with E-state index in [0.29, 0.717) is 26.1 Å². The molecule has 1 N–H and O–H groups in total. The number of aromatic nitrogens is 1. The van der Waals surface area contributed by atoms with Crippen molar-refractivity contribution in [3.63, 3.8) is 0 Å². The van der Waals surface area contributed by atoms with E-state index in [2.05, 4.69) is 10.3 Å². The van der Waals surface area contributed by atoms with Crippen LogP contribution in [0.4, 0.5) is 0 Å². The van der Waals surface area contributed by atoms with Gasteiger partial charge in [-0.25, -0.2) is 4.98 Å². The van der Waals surface area contributed by atoms with Crippen LogP contribution in [0.1, 0.15) is 11.4 Å². The molecule has 1 aromatic heterocycles. The van der Waals surface area contributed by atoms with E-state index >= 15 is 0 Å². The van der Waals surface area contributed by atoms with Gasteiger partial charge in [0.1, 0.15) is 5.01 Å².